The number of nitrogens with one attached hydrogen (secondary N) is 1. The van der Waals surface area contributed by atoms with E-state index in [1.165, 1.54) is 10.6 Å². The molecule has 4 heteroatoms. The number of rotatable bonds is 2. The van der Waals surface area contributed by atoms with E-state index in [-0.39, 0.29) is 11.8 Å². The molecule has 0 saturated carbocycles. The highest BCUT2D eigenvalue weighted by atomic mass is 32.1. The maximum atomic E-state index is 12.3. The first kappa shape index (κ1) is 12.4. The Kier molecular flexibility index (Phi) is 3.34. The largest absolute Gasteiger partial charge is 0.326 e. The number of aryl methyl sites for hydroxylation is 2. The van der Waals surface area contributed by atoms with E-state index in [1.807, 2.05) is 36.7 Å². The second kappa shape index (κ2) is 5.13. The molecule has 2 aromatic rings. The summed E-state index contributed by atoms with van der Waals surface area (Å²) >= 11 is 1.66. The number of benzene rings is 1. The molecule has 1 unspecified atom stereocenters. The molecule has 1 aliphatic rings. The Balaban J connectivity index is 1.71. The average Bonchev–Trinajstić information content (AvgIpc) is 2.88. The van der Waals surface area contributed by atoms with Crippen LogP contribution in [0, 0.1) is 12.8 Å². The fourth-order valence-corrected chi connectivity index (χ4v) is 3.37. The van der Waals surface area contributed by atoms with Crippen molar-refractivity contribution in [1.29, 1.82) is 0 Å². The smallest absolute Gasteiger partial charge is 0.227 e. The highest BCUT2D eigenvalue weighted by Crippen LogP contribution is 2.28. The van der Waals surface area contributed by atoms with E-state index in [1.54, 1.807) is 11.3 Å². The van der Waals surface area contributed by atoms with Gasteiger partial charge in [-0.05, 0) is 37.8 Å². The number of carbonyl (C=O) groups is 1. The molecule has 1 aromatic carbocycles. The van der Waals surface area contributed by atoms with E-state index in [2.05, 4.69) is 10.3 Å². The summed E-state index contributed by atoms with van der Waals surface area (Å²) in [6, 6.07) is 7.89. The molecule has 0 radical (unpaired) electrons. The maximum Gasteiger partial charge on any atom is 0.227 e. The van der Waals surface area contributed by atoms with Crippen LogP contribution in [0.3, 0.4) is 0 Å². The molecule has 1 aromatic heterocycles. The number of carbonyl (C=O) groups excluding carboxylic acids is 1. The summed E-state index contributed by atoms with van der Waals surface area (Å²) in [4.78, 5) is 17.9. The maximum absolute atomic E-state index is 12.3. The molecule has 3 rings (SSSR count). The molecule has 1 atom stereocenters. The predicted molar refractivity (Wildman–Crippen MR) is 77.4 cm³/mol. The number of hydrogen-bond donors (Lipinski definition) is 1. The van der Waals surface area contributed by atoms with Crippen molar-refractivity contribution in [2.45, 2.75) is 26.2 Å². The molecule has 1 aliphatic carbocycles. The zero-order chi connectivity index (χ0) is 13.2. The second-order valence-electron chi connectivity index (χ2n) is 4.97. The van der Waals surface area contributed by atoms with Crippen LogP contribution >= 0.6 is 11.3 Å². The Labute approximate surface area is 116 Å². The first-order chi connectivity index (χ1) is 9.24. The summed E-state index contributed by atoms with van der Waals surface area (Å²) in [5.74, 6) is 0.209. The van der Waals surface area contributed by atoms with Gasteiger partial charge >= 0.3 is 0 Å². The second-order valence-corrected chi connectivity index (χ2v) is 5.91. The number of para-hydroxylation sites is 1. The van der Waals surface area contributed by atoms with Gasteiger partial charge in [0.25, 0.3) is 0 Å². The lowest BCUT2D eigenvalue weighted by molar-refractivity contribution is -0.120. The Morgan fingerprint density at radius 1 is 1.42 bits per heavy atom. The van der Waals surface area contributed by atoms with E-state index < -0.39 is 0 Å². The minimum Gasteiger partial charge on any atom is -0.326 e. The van der Waals surface area contributed by atoms with Crippen LogP contribution in [0.1, 0.15) is 22.6 Å². The number of anilines is 1. The lowest BCUT2D eigenvalue weighted by atomic mass is 9.90. The highest BCUT2D eigenvalue weighted by molar-refractivity contribution is 7.09. The monoisotopic (exact) mass is 272 g/mol. The summed E-state index contributed by atoms with van der Waals surface area (Å²) in [6.07, 6.45) is 2.65. The standard InChI is InChI=1S/C15H16N2OS/c1-10-4-2-3-5-12(10)17-15(18)11-6-7-13-14(8-11)19-9-16-13/h2-5,9,11H,6-8H2,1H3,(H,17,18). The van der Waals surface area contributed by atoms with Crippen LogP contribution in [-0.4, -0.2) is 10.9 Å². The fourth-order valence-electron chi connectivity index (χ4n) is 2.47. The molecule has 0 bridgehead atoms. The van der Waals surface area contributed by atoms with E-state index in [0.29, 0.717) is 0 Å². The zero-order valence-electron chi connectivity index (χ0n) is 10.8. The Morgan fingerprint density at radius 3 is 3.11 bits per heavy atom. The fraction of sp³-hybridized carbons (Fsp3) is 0.333. The number of amides is 1. The van der Waals surface area contributed by atoms with Crippen molar-refractivity contribution < 1.29 is 4.79 Å². The van der Waals surface area contributed by atoms with Crippen LogP contribution in [-0.2, 0) is 17.6 Å². The van der Waals surface area contributed by atoms with Gasteiger partial charge in [-0.2, -0.15) is 0 Å². The topological polar surface area (TPSA) is 42.0 Å². The van der Waals surface area contributed by atoms with Crippen molar-refractivity contribution >= 4 is 22.9 Å². The summed E-state index contributed by atoms with van der Waals surface area (Å²) in [6.45, 7) is 2.01. The van der Waals surface area contributed by atoms with Crippen molar-refractivity contribution in [2.24, 2.45) is 5.92 Å². The third-order valence-electron chi connectivity index (χ3n) is 3.66. The van der Waals surface area contributed by atoms with Crippen molar-refractivity contribution in [3.63, 3.8) is 0 Å². The van der Waals surface area contributed by atoms with E-state index >= 15 is 0 Å². The number of aromatic nitrogens is 1. The third-order valence-corrected chi connectivity index (χ3v) is 4.56. The lowest BCUT2D eigenvalue weighted by Gasteiger charge is -2.21. The number of fused-ring (bicyclic) bond motifs is 1. The third kappa shape index (κ3) is 2.54. The molecule has 19 heavy (non-hydrogen) atoms. The minimum atomic E-state index is 0.0764. The van der Waals surface area contributed by atoms with E-state index in [9.17, 15) is 4.79 Å². The van der Waals surface area contributed by atoms with Gasteiger partial charge in [0.2, 0.25) is 5.91 Å². The Hall–Kier alpha value is -1.68. The SMILES string of the molecule is Cc1ccccc1NC(=O)C1CCc2ncsc2C1. The van der Waals surface area contributed by atoms with Crippen molar-refractivity contribution in [2.75, 3.05) is 5.32 Å². The lowest BCUT2D eigenvalue weighted by Crippen LogP contribution is -2.28. The van der Waals surface area contributed by atoms with Crippen molar-refractivity contribution in [3.8, 4) is 0 Å². The molecule has 3 nitrogen and oxygen atoms in total. The van der Waals surface area contributed by atoms with Gasteiger partial charge in [-0.3, -0.25) is 4.79 Å². The van der Waals surface area contributed by atoms with Crippen LogP contribution in [0.25, 0.3) is 0 Å². The van der Waals surface area contributed by atoms with E-state index in [4.69, 9.17) is 0 Å². The first-order valence-electron chi connectivity index (χ1n) is 6.52. The van der Waals surface area contributed by atoms with E-state index in [0.717, 1.165) is 30.5 Å². The van der Waals surface area contributed by atoms with Crippen LogP contribution in [0.2, 0.25) is 0 Å². The molecule has 0 aliphatic heterocycles. The molecule has 0 saturated heterocycles. The molecule has 1 heterocycles. The molecule has 1 amide bonds. The number of nitrogens with zero attached hydrogens (tertiary/aromatic N) is 1. The predicted octanol–water partition coefficient (Wildman–Crippen LogP) is 3.20. The molecular formula is C15H16N2OS. The minimum absolute atomic E-state index is 0.0764. The van der Waals surface area contributed by atoms with Gasteiger partial charge in [0, 0.05) is 16.5 Å². The van der Waals surface area contributed by atoms with Gasteiger partial charge in [0.15, 0.2) is 0 Å². The van der Waals surface area contributed by atoms with Crippen LogP contribution in [0.15, 0.2) is 29.8 Å². The quantitative estimate of drug-likeness (QED) is 0.912. The zero-order valence-corrected chi connectivity index (χ0v) is 11.7. The van der Waals surface area contributed by atoms with Gasteiger partial charge in [-0.1, -0.05) is 18.2 Å². The van der Waals surface area contributed by atoms with Gasteiger partial charge in [-0.25, -0.2) is 4.98 Å². The summed E-state index contributed by atoms with van der Waals surface area (Å²) in [5.41, 5.74) is 5.09. The van der Waals surface area contributed by atoms with Gasteiger partial charge in [-0.15, -0.1) is 11.3 Å². The summed E-state index contributed by atoms with van der Waals surface area (Å²) in [5, 5.41) is 3.05. The molecular weight excluding hydrogens is 256 g/mol. The van der Waals surface area contributed by atoms with Crippen molar-refractivity contribution in [1.82, 2.24) is 4.98 Å². The van der Waals surface area contributed by atoms with Crippen LogP contribution in [0.4, 0.5) is 5.69 Å². The Morgan fingerprint density at radius 2 is 2.26 bits per heavy atom. The number of hydrogen-bond acceptors (Lipinski definition) is 3. The summed E-state index contributed by atoms with van der Waals surface area (Å²) < 4.78 is 0. The highest BCUT2D eigenvalue weighted by Gasteiger charge is 2.26. The molecule has 98 valence electrons. The van der Waals surface area contributed by atoms with Crippen molar-refractivity contribution in [3.05, 3.63) is 45.9 Å². The van der Waals surface area contributed by atoms with Gasteiger partial charge in [0.1, 0.15) is 0 Å². The Bertz CT molecular complexity index is 606. The van der Waals surface area contributed by atoms with Gasteiger partial charge in [0.05, 0.1) is 11.2 Å². The first-order valence-corrected chi connectivity index (χ1v) is 7.40. The van der Waals surface area contributed by atoms with Crippen LogP contribution in [0.5, 0.6) is 0 Å². The molecule has 0 spiro atoms. The molecule has 0 fully saturated rings. The summed E-state index contributed by atoms with van der Waals surface area (Å²) in [7, 11) is 0. The number of thiazole rings is 1. The average molecular weight is 272 g/mol. The van der Waals surface area contributed by atoms with Crippen LogP contribution < -0.4 is 5.32 Å². The normalized spacial score (nSPS) is 17.8. The van der Waals surface area contributed by atoms with Gasteiger partial charge < -0.3 is 5.32 Å². The molecule has 1 N–H and O–H groups in total.